The molecule has 0 aliphatic carbocycles. The second kappa shape index (κ2) is 6.71. The minimum absolute atomic E-state index is 0.595. The highest BCUT2D eigenvalue weighted by atomic mass is 16.5. The second-order valence-electron chi connectivity index (χ2n) is 3.81. The lowest BCUT2D eigenvalue weighted by atomic mass is 10.3. The summed E-state index contributed by atoms with van der Waals surface area (Å²) in [4.78, 5) is 0. The van der Waals surface area contributed by atoms with Crippen LogP contribution < -0.4 is 14.8 Å². The van der Waals surface area contributed by atoms with E-state index in [1.807, 2.05) is 30.3 Å². The van der Waals surface area contributed by atoms with Crippen LogP contribution in [-0.2, 0) is 6.54 Å². The second-order valence-corrected chi connectivity index (χ2v) is 3.81. The van der Waals surface area contributed by atoms with E-state index >= 15 is 0 Å². The van der Waals surface area contributed by atoms with Crippen LogP contribution in [0.25, 0.3) is 0 Å². The first-order valence-electron chi connectivity index (χ1n) is 5.88. The number of hydrogen-bond acceptors (Lipinski definition) is 4. The summed E-state index contributed by atoms with van der Waals surface area (Å²) in [6.45, 7) is 2.15. The third kappa shape index (κ3) is 3.53. The molecular formula is C14H17NO3. The van der Waals surface area contributed by atoms with Gasteiger partial charge in [-0.05, 0) is 18.2 Å². The summed E-state index contributed by atoms with van der Waals surface area (Å²) in [5.41, 5.74) is 1.13. The molecule has 0 fully saturated rings. The molecule has 1 aromatic carbocycles. The number of methoxy groups -OCH3 is 1. The summed E-state index contributed by atoms with van der Waals surface area (Å²) in [6, 6.07) is 9.57. The summed E-state index contributed by atoms with van der Waals surface area (Å²) in [5.74, 6) is 1.53. The molecule has 0 radical (unpaired) electrons. The molecule has 1 aromatic heterocycles. The van der Waals surface area contributed by atoms with Crippen molar-refractivity contribution in [1.29, 1.82) is 0 Å². The van der Waals surface area contributed by atoms with Crippen molar-refractivity contribution in [3.05, 3.63) is 48.4 Å². The fraction of sp³-hybridized carbons (Fsp3) is 0.286. The molecule has 4 heteroatoms. The van der Waals surface area contributed by atoms with Gasteiger partial charge in [-0.3, -0.25) is 0 Å². The van der Waals surface area contributed by atoms with E-state index < -0.39 is 0 Å². The highest BCUT2D eigenvalue weighted by molar-refractivity contribution is 5.39. The molecule has 0 atom stereocenters. The molecule has 96 valence electrons. The summed E-state index contributed by atoms with van der Waals surface area (Å²) in [5, 5.41) is 3.27. The van der Waals surface area contributed by atoms with Gasteiger partial charge in [-0.25, -0.2) is 0 Å². The maximum atomic E-state index is 5.64. The van der Waals surface area contributed by atoms with Gasteiger partial charge in [0, 0.05) is 18.7 Å². The van der Waals surface area contributed by atoms with Crippen molar-refractivity contribution in [2.45, 2.75) is 6.54 Å². The van der Waals surface area contributed by atoms with E-state index in [2.05, 4.69) is 5.32 Å². The first-order chi connectivity index (χ1) is 8.90. The predicted molar refractivity (Wildman–Crippen MR) is 68.9 cm³/mol. The average Bonchev–Trinajstić information content (AvgIpc) is 2.92. The lowest BCUT2D eigenvalue weighted by Crippen LogP contribution is -2.20. The molecule has 18 heavy (non-hydrogen) atoms. The van der Waals surface area contributed by atoms with Gasteiger partial charge in [0.2, 0.25) is 0 Å². The Labute approximate surface area is 107 Å². The SMILES string of the molecule is COc1ccccc1OCCNCc1ccoc1. The molecule has 2 rings (SSSR count). The Balaban J connectivity index is 1.69. The van der Waals surface area contributed by atoms with Gasteiger partial charge in [0.1, 0.15) is 6.61 Å². The minimum atomic E-state index is 0.595. The fourth-order valence-electron chi connectivity index (χ4n) is 1.60. The Morgan fingerprint density at radius 2 is 2.00 bits per heavy atom. The van der Waals surface area contributed by atoms with Crippen LogP contribution in [-0.4, -0.2) is 20.3 Å². The first-order valence-corrected chi connectivity index (χ1v) is 5.88. The van der Waals surface area contributed by atoms with E-state index in [1.165, 1.54) is 0 Å². The smallest absolute Gasteiger partial charge is 0.161 e. The maximum absolute atomic E-state index is 5.64. The van der Waals surface area contributed by atoms with Crippen molar-refractivity contribution in [2.75, 3.05) is 20.3 Å². The van der Waals surface area contributed by atoms with Gasteiger partial charge in [0.15, 0.2) is 11.5 Å². The minimum Gasteiger partial charge on any atom is -0.493 e. The lowest BCUT2D eigenvalue weighted by molar-refractivity contribution is 0.292. The number of nitrogens with one attached hydrogen (secondary N) is 1. The fourth-order valence-corrected chi connectivity index (χ4v) is 1.60. The van der Waals surface area contributed by atoms with Crippen LogP contribution in [0.4, 0.5) is 0 Å². The standard InChI is InChI=1S/C14H17NO3/c1-16-13-4-2-3-5-14(13)18-9-7-15-10-12-6-8-17-11-12/h2-6,8,11,15H,7,9-10H2,1H3. The van der Waals surface area contributed by atoms with Gasteiger partial charge < -0.3 is 19.2 Å². The molecular weight excluding hydrogens is 230 g/mol. The zero-order valence-corrected chi connectivity index (χ0v) is 10.4. The summed E-state index contributed by atoms with van der Waals surface area (Å²) in [7, 11) is 1.64. The molecule has 0 saturated heterocycles. The van der Waals surface area contributed by atoms with E-state index in [-0.39, 0.29) is 0 Å². The normalized spacial score (nSPS) is 10.3. The summed E-state index contributed by atoms with van der Waals surface area (Å²) in [6.07, 6.45) is 3.40. The van der Waals surface area contributed by atoms with Crippen molar-refractivity contribution in [3.63, 3.8) is 0 Å². The molecule has 0 unspecified atom stereocenters. The molecule has 1 N–H and O–H groups in total. The topological polar surface area (TPSA) is 43.6 Å². The van der Waals surface area contributed by atoms with Crippen molar-refractivity contribution in [2.24, 2.45) is 0 Å². The first kappa shape index (κ1) is 12.5. The lowest BCUT2D eigenvalue weighted by Gasteiger charge is -2.10. The van der Waals surface area contributed by atoms with Crippen LogP contribution in [0.2, 0.25) is 0 Å². The maximum Gasteiger partial charge on any atom is 0.161 e. The third-order valence-electron chi connectivity index (χ3n) is 2.51. The van der Waals surface area contributed by atoms with Gasteiger partial charge in [0.25, 0.3) is 0 Å². The number of furan rings is 1. The number of benzene rings is 1. The third-order valence-corrected chi connectivity index (χ3v) is 2.51. The van der Waals surface area contributed by atoms with Crippen molar-refractivity contribution < 1.29 is 13.9 Å². The van der Waals surface area contributed by atoms with Crippen LogP contribution in [0.15, 0.2) is 47.3 Å². The van der Waals surface area contributed by atoms with Gasteiger partial charge in [-0.15, -0.1) is 0 Å². The number of ether oxygens (including phenoxy) is 2. The van der Waals surface area contributed by atoms with E-state index in [9.17, 15) is 0 Å². The molecule has 2 aromatic rings. The van der Waals surface area contributed by atoms with Crippen LogP contribution in [0.5, 0.6) is 11.5 Å². The zero-order valence-electron chi connectivity index (χ0n) is 10.4. The van der Waals surface area contributed by atoms with E-state index in [1.54, 1.807) is 19.6 Å². The molecule has 0 bridgehead atoms. The van der Waals surface area contributed by atoms with Crippen LogP contribution in [0.1, 0.15) is 5.56 Å². The summed E-state index contributed by atoms with van der Waals surface area (Å²) >= 11 is 0. The number of hydrogen-bond donors (Lipinski definition) is 1. The van der Waals surface area contributed by atoms with E-state index in [4.69, 9.17) is 13.9 Å². The molecule has 4 nitrogen and oxygen atoms in total. The highest BCUT2D eigenvalue weighted by Gasteiger charge is 2.01. The highest BCUT2D eigenvalue weighted by Crippen LogP contribution is 2.25. The predicted octanol–water partition coefficient (Wildman–Crippen LogP) is 2.46. The number of para-hydroxylation sites is 2. The molecule has 0 spiro atoms. The Morgan fingerprint density at radius 1 is 1.17 bits per heavy atom. The van der Waals surface area contributed by atoms with Gasteiger partial charge in [0.05, 0.1) is 19.6 Å². The molecule has 0 amide bonds. The molecule has 0 saturated carbocycles. The average molecular weight is 247 g/mol. The number of rotatable bonds is 7. The Hall–Kier alpha value is -1.94. The van der Waals surface area contributed by atoms with E-state index in [0.29, 0.717) is 6.61 Å². The summed E-state index contributed by atoms with van der Waals surface area (Å²) < 4.78 is 15.8. The van der Waals surface area contributed by atoms with Crippen LogP contribution >= 0.6 is 0 Å². The van der Waals surface area contributed by atoms with Gasteiger partial charge in [-0.2, -0.15) is 0 Å². The van der Waals surface area contributed by atoms with Crippen molar-refractivity contribution >= 4 is 0 Å². The van der Waals surface area contributed by atoms with Gasteiger partial charge >= 0.3 is 0 Å². The quantitative estimate of drug-likeness (QED) is 0.763. The largest absolute Gasteiger partial charge is 0.493 e. The van der Waals surface area contributed by atoms with Crippen LogP contribution in [0, 0.1) is 0 Å². The monoisotopic (exact) mass is 247 g/mol. The molecule has 1 heterocycles. The van der Waals surface area contributed by atoms with Crippen LogP contribution in [0.3, 0.4) is 0 Å². The van der Waals surface area contributed by atoms with Crippen molar-refractivity contribution in [1.82, 2.24) is 5.32 Å². The van der Waals surface area contributed by atoms with Crippen molar-refractivity contribution in [3.8, 4) is 11.5 Å². The Morgan fingerprint density at radius 3 is 2.72 bits per heavy atom. The Kier molecular flexibility index (Phi) is 4.67. The molecule has 0 aliphatic heterocycles. The Bertz CT molecular complexity index is 454. The van der Waals surface area contributed by atoms with Gasteiger partial charge in [-0.1, -0.05) is 12.1 Å². The molecule has 0 aliphatic rings. The zero-order chi connectivity index (χ0) is 12.6. The van der Waals surface area contributed by atoms with E-state index in [0.717, 1.165) is 30.2 Å².